The number of nitrogens with one attached hydrogen (secondary N) is 2. The van der Waals surface area contributed by atoms with E-state index in [9.17, 15) is 13.2 Å². The van der Waals surface area contributed by atoms with Crippen LogP contribution >= 0.6 is 0 Å². The topological polar surface area (TPSA) is 188 Å². The molecule has 0 aliphatic carbocycles. The van der Waals surface area contributed by atoms with Crippen LogP contribution in [0.4, 0.5) is 11.6 Å². The Kier molecular flexibility index (Phi) is 4.71. The van der Waals surface area contributed by atoms with Crippen molar-refractivity contribution in [2.45, 2.75) is 24.3 Å². The fourth-order valence-electron chi connectivity index (χ4n) is 2.90. The molecule has 12 nitrogen and oxygen atoms in total. The maximum Gasteiger partial charge on any atom is 0.244 e. The van der Waals surface area contributed by atoms with Gasteiger partial charge in [-0.3, -0.25) is 9.48 Å². The van der Waals surface area contributed by atoms with Gasteiger partial charge in [-0.05, 0) is 26.0 Å². The number of sulfonamides is 1. The van der Waals surface area contributed by atoms with Crippen molar-refractivity contribution in [2.24, 2.45) is 10.9 Å². The number of aromatic amines is 1. The van der Waals surface area contributed by atoms with Crippen molar-refractivity contribution in [1.82, 2.24) is 29.7 Å². The lowest BCUT2D eigenvalue weighted by Gasteiger charge is -2.20. The number of primary amides is 1. The Hall–Kier alpha value is -3.84. The lowest BCUT2D eigenvalue weighted by atomic mass is 10.1. The first kappa shape index (κ1) is 20.4. The first-order valence-corrected chi connectivity index (χ1v) is 10.6. The van der Waals surface area contributed by atoms with E-state index >= 15 is 0 Å². The second-order valence-electron chi connectivity index (χ2n) is 7.26. The largest absolute Gasteiger partial charge is 0.368 e. The van der Waals surface area contributed by atoms with Gasteiger partial charge < -0.3 is 16.0 Å². The highest BCUT2D eigenvalue weighted by atomic mass is 32.2. The molecule has 3 aromatic heterocycles. The molecule has 0 radical (unpaired) electrons. The van der Waals surface area contributed by atoms with Crippen molar-refractivity contribution >= 4 is 38.7 Å². The van der Waals surface area contributed by atoms with Crippen LogP contribution in [0.5, 0.6) is 0 Å². The van der Waals surface area contributed by atoms with Gasteiger partial charge in [0.2, 0.25) is 21.9 Å². The minimum atomic E-state index is -3.96. The molecular formula is C18H19N9O3S. The molecule has 4 rings (SSSR count). The van der Waals surface area contributed by atoms with Gasteiger partial charge in [0.1, 0.15) is 21.6 Å². The van der Waals surface area contributed by atoms with Crippen LogP contribution in [0.25, 0.3) is 22.4 Å². The summed E-state index contributed by atoms with van der Waals surface area (Å²) in [6, 6.07) is 6.14. The number of aromatic nitrogens is 6. The number of para-hydroxylation sites is 1. The summed E-state index contributed by atoms with van der Waals surface area (Å²) >= 11 is 0. The normalized spacial score (nSPS) is 12.2. The Labute approximate surface area is 176 Å². The highest BCUT2D eigenvalue weighted by molar-refractivity contribution is 7.89. The van der Waals surface area contributed by atoms with Crippen LogP contribution in [0, 0.1) is 0 Å². The van der Waals surface area contributed by atoms with Gasteiger partial charge in [0, 0.05) is 11.8 Å². The van der Waals surface area contributed by atoms with Crippen molar-refractivity contribution < 1.29 is 13.2 Å². The number of nitrogens with two attached hydrogens (primary N) is 2. The highest BCUT2D eigenvalue weighted by Gasteiger charge is 2.28. The monoisotopic (exact) mass is 441 g/mol. The predicted molar refractivity (Wildman–Crippen MR) is 113 cm³/mol. The van der Waals surface area contributed by atoms with Crippen molar-refractivity contribution in [3.63, 3.8) is 0 Å². The van der Waals surface area contributed by atoms with Gasteiger partial charge in [0.15, 0.2) is 5.65 Å². The van der Waals surface area contributed by atoms with Crippen LogP contribution in [-0.4, -0.2) is 44.0 Å². The molecule has 1 amide bonds. The van der Waals surface area contributed by atoms with E-state index in [0.29, 0.717) is 22.4 Å². The average Bonchev–Trinajstić information content (AvgIpc) is 3.37. The summed E-state index contributed by atoms with van der Waals surface area (Å²) in [5.41, 5.74) is 6.53. The second-order valence-corrected chi connectivity index (χ2v) is 8.79. The number of hydrogen-bond acceptors (Lipinski definition) is 8. The number of fused-ring (bicyclic) bond motifs is 1. The lowest BCUT2D eigenvalue weighted by molar-refractivity contribution is -0.125. The first-order chi connectivity index (χ1) is 14.6. The van der Waals surface area contributed by atoms with E-state index in [2.05, 4.69) is 30.4 Å². The number of H-pyrrole nitrogens is 1. The lowest BCUT2D eigenvalue weighted by Crippen LogP contribution is -2.41. The molecule has 0 atom stereocenters. The van der Waals surface area contributed by atoms with Crippen molar-refractivity contribution in [3.8, 4) is 11.3 Å². The molecule has 1 aromatic carbocycles. The molecule has 0 fully saturated rings. The number of imidazole rings is 1. The SMILES string of the molecule is CC(C)(C(N)=O)n1cc(-c2nc(Nc3ccccc3S(N)(=O)=O)nc3[nH]cnc23)cn1. The van der Waals surface area contributed by atoms with E-state index in [4.69, 9.17) is 10.9 Å². The highest BCUT2D eigenvalue weighted by Crippen LogP contribution is 2.29. The molecule has 0 saturated heterocycles. The Morgan fingerprint density at radius 1 is 1.23 bits per heavy atom. The maximum absolute atomic E-state index is 11.9. The van der Waals surface area contributed by atoms with Crippen LogP contribution in [-0.2, 0) is 20.4 Å². The molecule has 3 heterocycles. The Morgan fingerprint density at radius 2 is 1.97 bits per heavy atom. The van der Waals surface area contributed by atoms with Gasteiger partial charge >= 0.3 is 0 Å². The summed E-state index contributed by atoms with van der Waals surface area (Å²) < 4.78 is 25.2. The van der Waals surface area contributed by atoms with Gasteiger partial charge in [0.25, 0.3) is 0 Å². The quantitative estimate of drug-likeness (QED) is 0.338. The third-order valence-electron chi connectivity index (χ3n) is 4.75. The van der Waals surface area contributed by atoms with Gasteiger partial charge in [0.05, 0.1) is 18.2 Å². The van der Waals surface area contributed by atoms with Gasteiger partial charge in [-0.25, -0.2) is 23.5 Å². The molecule has 0 aliphatic heterocycles. The van der Waals surface area contributed by atoms with Crippen molar-refractivity contribution in [3.05, 3.63) is 43.0 Å². The summed E-state index contributed by atoms with van der Waals surface area (Å²) in [6.07, 6.45) is 4.62. The number of anilines is 2. The number of benzene rings is 1. The molecule has 0 aliphatic rings. The van der Waals surface area contributed by atoms with E-state index in [-0.39, 0.29) is 16.5 Å². The number of primary sulfonamides is 1. The summed E-state index contributed by atoms with van der Waals surface area (Å²) in [4.78, 5) is 27.7. The minimum Gasteiger partial charge on any atom is -0.368 e. The van der Waals surface area contributed by atoms with Gasteiger partial charge in [-0.2, -0.15) is 10.1 Å². The first-order valence-electron chi connectivity index (χ1n) is 9.03. The van der Waals surface area contributed by atoms with E-state index in [0.717, 1.165) is 0 Å². The standard InChI is InChI=1S/C18H19N9O3S/c1-18(2,16(19)28)27-8-10(7-23-27)13-14-15(22-9-21-14)26-17(25-13)24-11-5-3-4-6-12(11)31(20,29)30/h3-9H,1-2H3,(H2,19,28)(H2,20,29,30)(H2,21,22,24,25,26). The van der Waals surface area contributed by atoms with E-state index in [1.807, 2.05) is 0 Å². The maximum atomic E-state index is 11.9. The number of rotatable bonds is 6. The molecular weight excluding hydrogens is 422 g/mol. The van der Waals surface area contributed by atoms with Crippen LogP contribution in [0.1, 0.15) is 13.8 Å². The zero-order valence-electron chi connectivity index (χ0n) is 16.6. The van der Waals surface area contributed by atoms with E-state index < -0.39 is 21.5 Å². The zero-order chi connectivity index (χ0) is 22.4. The van der Waals surface area contributed by atoms with Crippen molar-refractivity contribution in [1.29, 1.82) is 0 Å². The molecule has 160 valence electrons. The summed E-state index contributed by atoms with van der Waals surface area (Å²) in [5, 5.41) is 12.4. The Morgan fingerprint density at radius 3 is 2.68 bits per heavy atom. The summed E-state index contributed by atoms with van der Waals surface area (Å²) in [6.45, 7) is 3.29. The van der Waals surface area contributed by atoms with Gasteiger partial charge in [-0.15, -0.1) is 0 Å². The Bertz CT molecular complexity index is 1410. The van der Waals surface area contributed by atoms with Crippen LogP contribution in [0.3, 0.4) is 0 Å². The molecule has 4 aromatic rings. The number of amides is 1. The molecule has 0 bridgehead atoms. The molecule has 0 saturated carbocycles. The fourth-order valence-corrected chi connectivity index (χ4v) is 3.59. The van der Waals surface area contributed by atoms with Crippen LogP contribution < -0.4 is 16.2 Å². The molecule has 0 spiro atoms. The van der Waals surface area contributed by atoms with Crippen molar-refractivity contribution in [2.75, 3.05) is 5.32 Å². The second kappa shape index (κ2) is 7.14. The van der Waals surface area contributed by atoms with E-state index in [1.54, 1.807) is 38.2 Å². The number of nitrogens with zero attached hydrogens (tertiary/aromatic N) is 5. The minimum absolute atomic E-state index is 0.0964. The third kappa shape index (κ3) is 3.71. The van der Waals surface area contributed by atoms with E-state index in [1.165, 1.54) is 23.3 Å². The van der Waals surface area contributed by atoms with Gasteiger partial charge in [-0.1, -0.05) is 12.1 Å². The molecule has 31 heavy (non-hydrogen) atoms. The summed E-state index contributed by atoms with van der Waals surface area (Å²) in [5.74, 6) is -0.429. The molecule has 0 unspecified atom stereocenters. The predicted octanol–water partition coefficient (Wildman–Crippen LogP) is 0.828. The Balaban J connectivity index is 1.81. The zero-order valence-corrected chi connectivity index (χ0v) is 17.4. The molecule has 13 heteroatoms. The number of hydrogen-bond donors (Lipinski definition) is 4. The smallest absolute Gasteiger partial charge is 0.244 e. The van der Waals surface area contributed by atoms with Crippen LogP contribution in [0.2, 0.25) is 0 Å². The number of carbonyl (C=O) groups is 1. The molecule has 6 N–H and O–H groups in total. The third-order valence-corrected chi connectivity index (χ3v) is 5.72. The van der Waals surface area contributed by atoms with Crippen LogP contribution in [0.15, 0.2) is 47.9 Å². The average molecular weight is 441 g/mol. The summed E-state index contributed by atoms with van der Waals surface area (Å²) in [7, 11) is -3.96. The number of carbonyl (C=O) groups excluding carboxylic acids is 1. The fraction of sp³-hybridized carbons (Fsp3) is 0.167.